The maximum absolute atomic E-state index is 3.19. The normalized spacial score (nSPS) is 29.9. The molecule has 2 fully saturated rings. The molecule has 2 saturated carbocycles. The van der Waals surface area contributed by atoms with Crippen molar-refractivity contribution >= 4 is 6.19 Å². The van der Waals surface area contributed by atoms with Crippen LogP contribution in [0.1, 0.15) is 46.0 Å². The first-order valence-corrected chi connectivity index (χ1v) is 14.3. The van der Waals surface area contributed by atoms with Crippen molar-refractivity contribution in [3.05, 3.63) is 54.0 Å². The van der Waals surface area contributed by atoms with Crippen molar-refractivity contribution in [2.24, 2.45) is 23.7 Å². The summed E-state index contributed by atoms with van der Waals surface area (Å²) in [6.07, 6.45) is 24.3. The smallest absolute Gasteiger partial charge is 1.00 e. The number of hydrogen-bond donors (Lipinski definition) is 0. The van der Waals surface area contributed by atoms with Crippen LogP contribution in [-0.4, -0.2) is 6.19 Å². The largest absolute Gasteiger partial charge is 1.00 e. The third kappa shape index (κ3) is 8.65. The third-order valence-corrected chi connectivity index (χ3v) is 5.17. The van der Waals surface area contributed by atoms with E-state index in [0.29, 0.717) is 0 Å². The first-order chi connectivity index (χ1) is 11.5. The molecule has 4 heteroatoms. The quantitative estimate of drug-likeness (QED) is 0.372. The molecule has 0 aromatic carbocycles. The van der Waals surface area contributed by atoms with Gasteiger partial charge in [0.05, 0.1) is 0 Å². The number of allylic oxidation sites excluding steroid dienone is 8. The summed E-state index contributed by atoms with van der Waals surface area (Å²) in [6, 6.07) is 0. The van der Waals surface area contributed by atoms with Gasteiger partial charge in [-0.3, -0.25) is 6.08 Å². The van der Waals surface area contributed by atoms with Gasteiger partial charge in [0.2, 0.25) is 0 Å². The first-order valence-electron chi connectivity index (χ1n) is 9.43. The van der Waals surface area contributed by atoms with Crippen molar-refractivity contribution < 1.29 is 44.0 Å². The minimum atomic E-state index is 0. The van der Waals surface area contributed by atoms with Crippen LogP contribution in [0.4, 0.5) is 0 Å². The van der Waals surface area contributed by atoms with E-state index in [0.717, 1.165) is 30.1 Å². The van der Waals surface area contributed by atoms with E-state index < -0.39 is 0 Å². The minimum Gasteiger partial charge on any atom is -1.00 e. The molecule has 4 atom stereocenters. The second kappa shape index (κ2) is 13.6. The Labute approximate surface area is 186 Å². The molecular formula is C22H32Cl2SiTi-2. The predicted molar refractivity (Wildman–Crippen MR) is 103 cm³/mol. The van der Waals surface area contributed by atoms with E-state index in [9.17, 15) is 0 Å². The zero-order valence-electron chi connectivity index (χ0n) is 16.6. The third-order valence-electron chi connectivity index (χ3n) is 5.17. The molecule has 0 nitrogen and oxygen atoms in total. The summed E-state index contributed by atoms with van der Waals surface area (Å²) in [4.78, 5) is 0. The van der Waals surface area contributed by atoms with Gasteiger partial charge in [-0.25, -0.2) is 11.6 Å². The van der Waals surface area contributed by atoms with Gasteiger partial charge in [-0.15, -0.1) is 18.4 Å². The van der Waals surface area contributed by atoms with Crippen LogP contribution in [-0.2, 0) is 19.2 Å². The van der Waals surface area contributed by atoms with E-state index in [1.54, 1.807) is 0 Å². The molecular weight excluding hydrogens is 411 g/mol. The Bertz CT molecular complexity index is 558. The predicted octanol–water partition coefficient (Wildman–Crippen LogP) is 0.247. The molecule has 0 saturated heterocycles. The molecule has 0 heterocycles. The van der Waals surface area contributed by atoms with Crippen molar-refractivity contribution in [3.8, 4) is 0 Å². The average molecular weight is 443 g/mol. The van der Waals surface area contributed by atoms with E-state index in [-0.39, 0.29) is 31.0 Å². The molecule has 0 aliphatic heterocycles. The van der Waals surface area contributed by atoms with Crippen LogP contribution in [0.3, 0.4) is 0 Å². The van der Waals surface area contributed by atoms with Crippen LogP contribution < -0.4 is 24.8 Å². The van der Waals surface area contributed by atoms with Crippen molar-refractivity contribution in [2.45, 2.75) is 59.0 Å². The molecule has 0 N–H and O–H groups in total. The number of fused-ring (bicyclic) bond motifs is 3. The summed E-state index contributed by atoms with van der Waals surface area (Å²) < 4.78 is 0. The van der Waals surface area contributed by atoms with E-state index >= 15 is 0 Å². The molecule has 0 aromatic heterocycles. The monoisotopic (exact) mass is 442 g/mol. The Morgan fingerprint density at radius 2 is 1.69 bits per heavy atom. The van der Waals surface area contributed by atoms with E-state index in [1.807, 2.05) is 0 Å². The van der Waals surface area contributed by atoms with Crippen LogP contribution in [0, 0.1) is 36.2 Å². The molecule has 0 bridgehead atoms. The molecule has 4 aliphatic rings. The summed E-state index contributed by atoms with van der Waals surface area (Å²) in [7, 11) is 0. The Hall–Kier alpha value is 0.471. The first kappa shape index (κ1) is 26.5. The minimum absolute atomic E-state index is 0. The van der Waals surface area contributed by atoms with Gasteiger partial charge in [0, 0.05) is 0 Å². The zero-order chi connectivity index (χ0) is 17.5. The van der Waals surface area contributed by atoms with Crippen molar-refractivity contribution in [2.75, 3.05) is 0 Å². The van der Waals surface area contributed by atoms with Gasteiger partial charge in [0.15, 0.2) is 0 Å². The summed E-state index contributed by atoms with van der Waals surface area (Å²) in [6.45, 7) is 8.75. The van der Waals surface area contributed by atoms with E-state index in [2.05, 4.69) is 89.0 Å². The second-order valence-corrected chi connectivity index (χ2v) is 14.4. The Balaban J connectivity index is 0.000000415. The number of rotatable bonds is 0. The summed E-state index contributed by atoms with van der Waals surface area (Å²) in [5.74, 6) is 3.56. The Morgan fingerprint density at radius 1 is 1.08 bits per heavy atom. The van der Waals surface area contributed by atoms with Gasteiger partial charge >= 0.3 is 38.5 Å². The fourth-order valence-electron chi connectivity index (χ4n) is 4.20. The fraction of sp³-hybridized carbons (Fsp3) is 0.591. The van der Waals surface area contributed by atoms with E-state index in [1.165, 1.54) is 36.8 Å². The summed E-state index contributed by atoms with van der Waals surface area (Å²) in [5.41, 5.74) is 2.72. The SMILES string of the molecule is C1=CC2[CH-]C3CCCCC3C2C=C1.CC1=[C-]CC(C)=C1.C[Si](C)=[Ti+2].[Cl-].[Cl-]. The maximum atomic E-state index is 3.19. The molecule has 0 radical (unpaired) electrons. The van der Waals surface area contributed by atoms with Crippen LogP contribution in [0.25, 0.3) is 0 Å². The molecule has 0 spiro atoms. The fourth-order valence-corrected chi connectivity index (χ4v) is 4.20. The van der Waals surface area contributed by atoms with Gasteiger partial charge < -0.3 is 31.2 Å². The number of hydrogen-bond acceptors (Lipinski definition) is 0. The average Bonchev–Trinajstić information content (AvgIpc) is 3.10. The van der Waals surface area contributed by atoms with Crippen molar-refractivity contribution in [1.82, 2.24) is 0 Å². The zero-order valence-corrected chi connectivity index (χ0v) is 20.6. The van der Waals surface area contributed by atoms with Gasteiger partial charge in [0.25, 0.3) is 0 Å². The molecule has 0 amide bonds. The maximum Gasteiger partial charge on any atom is -1.00 e. The van der Waals surface area contributed by atoms with Gasteiger partial charge in [-0.05, 0) is 5.92 Å². The molecule has 144 valence electrons. The second-order valence-electron chi connectivity index (χ2n) is 7.76. The molecule has 0 aromatic rings. The Morgan fingerprint density at radius 3 is 2.23 bits per heavy atom. The van der Waals surface area contributed by atoms with Crippen LogP contribution in [0.2, 0.25) is 13.1 Å². The molecule has 4 rings (SSSR count). The van der Waals surface area contributed by atoms with Crippen LogP contribution >= 0.6 is 0 Å². The van der Waals surface area contributed by atoms with Gasteiger partial charge in [0.1, 0.15) is 0 Å². The van der Waals surface area contributed by atoms with Gasteiger partial charge in [-0.2, -0.15) is 11.5 Å². The van der Waals surface area contributed by atoms with Gasteiger partial charge in [-0.1, -0.05) is 63.7 Å². The molecule has 26 heavy (non-hydrogen) atoms. The van der Waals surface area contributed by atoms with Crippen LogP contribution in [0.15, 0.2) is 41.5 Å². The summed E-state index contributed by atoms with van der Waals surface area (Å²) in [5, 5.41) is 0. The number of halogens is 2. The Kier molecular flexibility index (Phi) is 13.9. The summed E-state index contributed by atoms with van der Waals surface area (Å²) >= 11 is 2.27. The van der Waals surface area contributed by atoms with E-state index in [4.69, 9.17) is 0 Å². The van der Waals surface area contributed by atoms with Crippen LogP contribution in [0.5, 0.6) is 0 Å². The molecule has 4 aliphatic carbocycles. The standard InChI is InChI=1S/C13H17.C7H9.C2H6Si.2ClH.Ti/c1-3-7-12-10(5-1)9-11-6-2-4-8-13(11)12;1-6-3-4-7(2)5-6;1-3-2;;;/h1,3,5,7,9-13H,2,4,6,8H2;5H,3H2,1-2H3;1-2H3;2*1H;/q2*-1;;;;+2/p-2. The van der Waals surface area contributed by atoms with Crippen molar-refractivity contribution in [3.63, 3.8) is 0 Å². The van der Waals surface area contributed by atoms with Crippen molar-refractivity contribution in [1.29, 1.82) is 0 Å². The topological polar surface area (TPSA) is 0 Å². The molecule has 4 unspecified atom stereocenters.